The lowest BCUT2D eigenvalue weighted by Crippen LogP contribution is -2.13. The maximum Gasteiger partial charge on any atom is 0.295 e. The highest BCUT2D eigenvalue weighted by Crippen LogP contribution is 2.21. The van der Waals surface area contributed by atoms with Crippen molar-refractivity contribution in [3.8, 4) is 0 Å². The fraction of sp³-hybridized carbons (Fsp3) is 0.167. The highest BCUT2D eigenvalue weighted by Gasteiger charge is 2.20. The first kappa shape index (κ1) is 13.6. The quantitative estimate of drug-likeness (QED) is 0.899. The summed E-state index contributed by atoms with van der Waals surface area (Å²) in [6.07, 6.45) is 0. The average Bonchev–Trinajstić information content (AvgIpc) is 2.82. The third-order valence-corrected chi connectivity index (χ3v) is 3.71. The molecule has 0 bridgehead atoms. The summed E-state index contributed by atoms with van der Waals surface area (Å²) >= 11 is 0. The van der Waals surface area contributed by atoms with E-state index >= 15 is 0 Å². The molecule has 1 heterocycles. The van der Waals surface area contributed by atoms with E-state index in [-0.39, 0.29) is 17.3 Å². The van der Waals surface area contributed by atoms with E-state index in [2.05, 4.69) is 4.72 Å². The van der Waals surface area contributed by atoms with Crippen LogP contribution in [0.5, 0.6) is 0 Å². The standard InChI is InChI=1S/C12H13FN2O3S/c1-8-2-4-11(10(13)6-8)15-19(16,17)12-5-3-9(7-14)18-12/h2-6,15H,7,14H2,1H3. The summed E-state index contributed by atoms with van der Waals surface area (Å²) in [6, 6.07) is 6.94. The lowest BCUT2D eigenvalue weighted by Gasteiger charge is -2.07. The van der Waals surface area contributed by atoms with E-state index in [0.29, 0.717) is 11.3 Å². The Balaban J connectivity index is 2.30. The summed E-state index contributed by atoms with van der Waals surface area (Å²) in [5.41, 5.74) is 5.90. The topological polar surface area (TPSA) is 85.3 Å². The van der Waals surface area contributed by atoms with Gasteiger partial charge in [-0.15, -0.1) is 0 Å². The Morgan fingerprint density at radius 3 is 2.63 bits per heavy atom. The van der Waals surface area contributed by atoms with E-state index in [1.807, 2.05) is 0 Å². The van der Waals surface area contributed by atoms with Crippen LogP contribution in [0.15, 0.2) is 39.8 Å². The number of anilines is 1. The Morgan fingerprint density at radius 2 is 2.05 bits per heavy atom. The van der Waals surface area contributed by atoms with Crippen molar-refractivity contribution in [3.05, 3.63) is 47.5 Å². The van der Waals surface area contributed by atoms with Gasteiger partial charge in [-0.25, -0.2) is 4.39 Å². The number of sulfonamides is 1. The molecule has 7 heteroatoms. The van der Waals surface area contributed by atoms with Gasteiger partial charge in [-0.05, 0) is 36.8 Å². The van der Waals surface area contributed by atoms with Crippen molar-refractivity contribution in [1.29, 1.82) is 0 Å². The van der Waals surface area contributed by atoms with Crippen molar-refractivity contribution in [1.82, 2.24) is 0 Å². The predicted molar refractivity (Wildman–Crippen MR) is 68.5 cm³/mol. The van der Waals surface area contributed by atoms with E-state index in [1.165, 1.54) is 24.3 Å². The van der Waals surface area contributed by atoms with E-state index in [9.17, 15) is 12.8 Å². The molecule has 0 aliphatic rings. The molecule has 0 saturated carbocycles. The second-order valence-electron chi connectivity index (χ2n) is 4.01. The number of hydrogen-bond acceptors (Lipinski definition) is 4. The number of furan rings is 1. The number of benzene rings is 1. The Morgan fingerprint density at radius 1 is 1.32 bits per heavy atom. The lowest BCUT2D eigenvalue weighted by molar-refractivity contribution is 0.417. The maximum absolute atomic E-state index is 13.6. The van der Waals surface area contributed by atoms with Gasteiger partial charge in [0.2, 0.25) is 5.09 Å². The Bertz CT molecular complexity index is 695. The molecule has 0 fully saturated rings. The smallest absolute Gasteiger partial charge is 0.295 e. The fourth-order valence-electron chi connectivity index (χ4n) is 1.51. The van der Waals surface area contributed by atoms with Gasteiger partial charge in [-0.2, -0.15) is 8.42 Å². The summed E-state index contributed by atoms with van der Waals surface area (Å²) in [5.74, 6) is -0.307. The second kappa shape index (κ2) is 5.02. The molecule has 0 amide bonds. The van der Waals surface area contributed by atoms with Crippen LogP contribution in [-0.4, -0.2) is 8.42 Å². The van der Waals surface area contributed by atoms with E-state index < -0.39 is 15.8 Å². The van der Waals surface area contributed by atoms with Gasteiger partial charge in [0.25, 0.3) is 10.0 Å². The molecule has 3 N–H and O–H groups in total. The molecular formula is C12H13FN2O3S. The molecule has 102 valence electrons. The molecule has 5 nitrogen and oxygen atoms in total. The normalized spacial score (nSPS) is 11.5. The minimum absolute atomic E-state index is 0.0917. The summed E-state index contributed by atoms with van der Waals surface area (Å²) < 4.78 is 44.7. The molecule has 0 atom stereocenters. The van der Waals surface area contributed by atoms with Crippen molar-refractivity contribution >= 4 is 15.7 Å². The number of nitrogens with one attached hydrogen (secondary N) is 1. The minimum Gasteiger partial charge on any atom is -0.446 e. The molecule has 2 aromatic rings. The second-order valence-corrected chi connectivity index (χ2v) is 5.63. The molecule has 19 heavy (non-hydrogen) atoms. The summed E-state index contributed by atoms with van der Waals surface area (Å²) in [7, 11) is -3.95. The van der Waals surface area contributed by atoms with Crippen molar-refractivity contribution < 1.29 is 17.2 Å². The van der Waals surface area contributed by atoms with Gasteiger partial charge in [0.1, 0.15) is 11.6 Å². The van der Waals surface area contributed by atoms with Crippen LogP contribution in [0.1, 0.15) is 11.3 Å². The Hall–Kier alpha value is -1.86. The van der Waals surface area contributed by atoms with E-state index in [1.54, 1.807) is 13.0 Å². The fourth-order valence-corrected chi connectivity index (χ4v) is 2.53. The lowest BCUT2D eigenvalue weighted by atomic mass is 10.2. The number of hydrogen-bond donors (Lipinski definition) is 2. The number of halogens is 1. The number of nitrogens with two attached hydrogens (primary N) is 1. The molecule has 1 aromatic heterocycles. The minimum atomic E-state index is -3.95. The molecule has 0 aliphatic heterocycles. The maximum atomic E-state index is 13.6. The zero-order valence-corrected chi connectivity index (χ0v) is 11.0. The Kier molecular flexibility index (Phi) is 3.59. The van der Waals surface area contributed by atoms with Crippen LogP contribution in [0.3, 0.4) is 0 Å². The van der Waals surface area contributed by atoms with Crippen molar-refractivity contribution in [2.75, 3.05) is 4.72 Å². The van der Waals surface area contributed by atoms with Gasteiger partial charge in [-0.3, -0.25) is 4.72 Å². The van der Waals surface area contributed by atoms with Crippen LogP contribution in [0.4, 0.5) is 10.1 Å². The van der Waals surface area contributed by atoms with Gasteiger partial charge in [0.05, 0.1) is 12.2 Å². The van der Waals surface area contributed by atoms with Crippen molar-refractivity contribution in [3.63, 3.8) is 0 Å². The molecule has 0 spiro atoms. The summed E-state index contributed by atoms with van der Waals surface area (Å²) in [6.45, 7) is 1.80. The van der Waals surface area contributed by atoms with Crippen LogP contribution < -0.4 is 10.5 Å². The molecule has 0 radical (unpaired) electrons. The molecule has 2 rings (SSSR count). The van der Waals surface area contributed by atoms with Crippen LogP contribution in [0, 0.1) is 12.7 Å². The van der Waals surface area contributed by atoms with Crippen LogP contribution in [0.25, 0.3) is 0 Å². The number of aryl methyl sites for hydroxylation is 1. The zero-order valence-electron chi connectivity index (χ0n) is 10.2. The van der Waals surface area contributed by atoms with E-state index in [4.69, 9.17) is 10.2 Å². The SMILES string of the molecule is Cc1ccc(NS(=O)(=O)c2ccc(CN)o2)c(F)c1. The molecular weight excluding hydrogens is 271 g/mol. The molecule has 0 saturated heterocycles. The first-order valence-corrected chi connectivity index (χ1v) is 6.98. The van der Waals surface area contributed by atoms with Gasteiger partial charge in [0.15, 0.2) is 0 Å². The predicted octanol–water partition coefficient (Wildman–Crippen LogP) is 1.99. The van der Waals surface area contributed by atoms with E-state index in [0.717, 1.165) is 0 Å². The highest BCUT2D eigenvalue weighted by molar-refractivity contribution is 7.92. The van der Waals surface area contributed by atoms with Crippen molar-refractivity contribution in [2.24, 2.45) is 5.73 Å². The molecule has 1 aromatic carbocycles. The number of rotatable bonds is 4. The molecule has 0 aliphatic carbocycles. The average molecular weight is 284 g/mol. The molecule has 0 unspecified atom stereocenters. The summed E-state index contributed by atoms with van der Waals surface area (Å²) in [4.78, 5) is 0. The van der Waals surface area contributed by atoms with Crippen molar-refractivity contribution in [2.45, 2.75) is 18.6 Å². The Labute approximate surface area is 110 Å². The summed E-state index contributed by atoms with van der Waals surface area (Å²) in [5, 5.41) is -0.298. The van der Waals surface area contributed by atoms with Crippen LogP contribution in [-0.2, 0) is 16.6 Å². The highest BCUT2D eigenvalue weighted by atomic mass is 32.2. The third kappa shape index (κ3) is 2.94. The van der Waals surface area contributed by atoms with Gasteiger partial charge >= 0.3 is 0 Å². The largest absolute Gasteiger partial charge is 0.446 e. The first-order chi connectivity index (χ1) is 8.92. The van der Waals surface area contributed by atoms with Gasteiger partial charge in [-0.1, -0.05) is 6.07 Å². The third-order valence-electron chi connectivity index (χ3n) is 2.47. The van der Waals surface area contributed by atoms with Gasteiger partial charge < -0.3 is 10.2 Å². The zero-order chi connectivity index (χ0) is 14.0. The monoisotopic (exact) mass is 284 g/mol. The van der Waals surface area contributed by atoms with Crippen LogP contribution in [0.2, 0.25) is 0 Å². The first-order valence-electron chi connectivity index (χ1n) is 5.50. The van der Waals surface area contributed by atoms with Crippen LogP contribution >= 0.6 is 0 Å². The van der Waals surface area contributed by atoms with Gasteiger partial charge in [0, 0.05) is 0 Å².